The number of amides is 2. The Kier molecular flexibility index (Phi) is 4.89. The fraction of sp³-hybridized carbons (Fsp3) is 0.263. The van der Waals surface area contributed by atoms with Crippen LogP contribution in [0.5, 0.6) is 0 Å². The highest BCUT2D eigenvalue weighted by molar-refractivity contribution is 5.90. The molecule has 8 heteroatoms. The maximum atomic E-state index is 13.4. The van der Waals surface area contributed by atoms with Gasteiger partial charge in [-0.05, 0) is 63.6 Å². The Hall–Kier alpha value is -3.29. The second-order valence-electron chi connectivity index (χ2n) is 7.22. The van der Waals surface area contributed by atoms with Gasteiger partial charge in [-0.1, -0.05) is 0 Å². The molecule has 1 aromatic carbocycles. The maximum absolute atomic E-state index is 13.4. The smallest absolute Gasteiger partial charge is 0.320 e. The van der Waals surface area contributed by atoms with E-state index in [1.165, 1.54) is 6.07 Å². The van der Waals surface area contributed by atoms with Gasteiger partial charge < -0.3 is 10.6 Å². The first kappa shape index (κ1) is 18.5. The summed E-state index contributed by atoms with van der Waals surface area (Å²) in [5.74, 6) is 0.440. The van der Waals surface area contributed by atoms with Crippen LogP contribution in [0.4, 0.5) is 26.6 Å². The Morgan fingerprint density at radius 1 is 1.11 bits per heavy atom. The number of nitrogens with one attached hydrogen (secondary N) is 3. The summed E-state index contributed by atoms with van der Waals surface area (Å²) in [7, 11) is 0. The molecule has 27 heavy (non-hydrogen) atoms. The molecule has 0 aliphatic carbocycles. The van der Waals surface area contributed by atoms with Crippen molar-refractivity contribution in [1.82, 2.24) is 20.3 Å². The zero-order chi connectivity index (χ0) is 19.6. The van der Waals surface area contributed by atoms with Crippen LogP contribution in [0.15, 0.2) is 36.5 Å². The number of hydrogen-bond donors (Lipinski definition) is 3. The Morgan fingerprint density at radius 2 is 1.89 bits per heavy atom. The summed E-state index contributed by atoms with van der Waals surface area (Å²) in [4.78, 5) is 25.0. The van der Waals surface area contributed by atoms with E-state index in [9.17, 15) is 9.18 Å². The molecule has 2 heterocycles. The number of carbonyl (C=O) groups excluding carboxylic acids is 1. The highest BCUT2D eigenvalue weighted by Gasteiger charge is 2.14. The number of nitrogens with zero attached hydrogens (tertiary/aromatic N) is 3. The molecule has 3 aromatic rings. The van der Waals surface area contributed by atoms with Crippen molar-refractivity contribution in [1.29, 1.82) is 0 Å². The Morgan fingerprint density at radius 3 is 2.59 bits per heavy atom. The number of hydrogen-bond acceptors (Lipinski definition) is 5. The molecule has 3 N–H and O–H groups in total. The van der Waals surface area contributed by atoms with Gasteiger partial charge in [0.2, 0.25) is 5.95 Å². The first-order valence-corrected chi connectivity index (χ1v) is 8.46. The van der Waals surface area contributed by atoms with E-state index >= 15 is 0 Å². The van der Waals surface area contributed by atoms with E-state index in [0.717, 1.165) is 5.39 Å². The minimum atomic E-state index is -0.354. The quantitative estimate of drug-likeness (QED) is 0.646. The van der Waals surface area contributed by atoms with Crippen LogP contribution in [0, 0.1) is 12.7 Å². The molecule has 3 rings (SSSR count). The van der Waals surface area contributed by atoms with E-state index in [0.29, 0.717) is 28.7 Å². The molecule has 7 nitrogen and oxygen atoms in total. The van der Waals surface area contributed by atoms with E-state index < -0.39 is 0 Å². The second-order valence-corrected chi connectivity index (χ2v) is 7.22. The Labute approximate surface area is 156 Å². The summed E-state index contributed by atoms with van der Waals surface area (Å²) < 4.78 is 13.4. The third-order valence-electron chi connectivity index (χ3n) is 3.59. The summed E-state index contributed by atoms with van der Waals surface area (Å²) in [6, 6.07) is 7.78. The van der Waals surface area contributed by atoms with Crippen LogP contribution in [-0.4, -0.2) is 26.5 Å². The molecule has 0 fully saturated rings. The number of pyridine rings is 1. The number of aryl methyl sites for hydroxylation is 1. The van der Waals surface area contributed by atoms with Crippen LogP contribution in [0.2, 0.25) is 0 Å². The highest BCUT2D eigenvalue weighted by Crippen LogP contribution is 2.19. The van der Waals surface area contributed by atoms with Crippen molar-refractivity contribution in [2.75, 3.05) is 10.6 Å². The van der Waals surface area contributed by atoms with Crippen molar-refractivity contribution >= 4 is 34.5 Å². The molecule has 0 unspecified atom stereocenters. The minimum absolute atomic E-state index is 0.272. The van der Waals surface area contributed by atoms with Crippen molar-refractivity contribution in [3.8, 4) is 0 Å². The van der Waals surface area contributed by atoms with Gasteiger partial charge in [0.15, 0.2) is 5.65 Å². The molecule has 0 aliphatic rings. The number of urea groups is 1. The molecule has 2 aromatic heterocycles. The van der Waals surface area contributed by atoms with Gasteiger partial charge in [-0.25, -0.2) is 19.2 Å². The van der Waals surface area contributed by atoms with Crippen molar-refractivity contribution in [2.24, 2.45) is 0 Å². The molecule has 0 saturated carbocycles. The third kappa shape index (κ3) is 4.87. The third-order valence-corrected chi connectivity index (χ3v) is 3.59. The standard InChI is InChI=1S/C19H21FN6O/c1-11-9-13(6-7-14(11)20)22-17-21-10-12-5-8-15(23-16(12)25-17)24-18(27)26-19(2,3)4/h5-10H,1-4H3,(H3,21,22,23,24,25,26,27). The van der Waals surface area contributed by atoms with Gasteiger partial charge in [0.25, 0.3) is 0 Å². The highest BCUT2D eigenvalue weighted by atomic mass is 19.1. The van der Waals surface area contributed by atoms with Gasteiger partial charge in [-0.15, -0.1) is 0 Å². The number of fused-ring (bicyclic) bond motifs is 1. The van der Waals surface area contributed by atoms with E-state index in [1.807, 2.05) is 20.8 Å². The van der Waals surface area contributed by atoms with Crippen LogP contribution in [-0.2, 0) is 0 Å². The Balaban J connectivity index is 1.81. The molecule has 0 saturated heterocycles. The van der Waals surface area contributed by atoms with Crippen LogP contribution in [0.25, 0.3) is 11.0 Å². The summed E-state index contributed by atoms with van der Waals surface area (Å²) in [6.45, 7) is 7.36. The van der Waals surface area contributed by atoms with Crippen LogP contribution < -0.4 is 16.0 Å². The summed E-state index contributed by atoms with van der Waals surface area (Å²) in [5, 5.41) is 9.25. The number of aromatic nitrogens is 3. The summed E-state index contributed by atoms with van der Waals surface area (Å²) in [6.07, 6.45) is 1.63. The van der Waals surface area contributed by atoms with E-state index in [1.54, 1.807) is 37.4 Å². The predicted molar refractivity (Wildman–Crippen MR) is 104 cm³/mol. The van der Waals surface area contributed by atoms with Gasteiger partial charge in [-0.3, -0.25) is 5.32 Å². The van der Waals surface area contributed by atoms with E-state index in [2.05, 4.69) is 30.9 Å². The lowest BCUT2D eigenvalue weighted by molar-refractivity contribution is 0.243. The fourth-order valence-corrected chi connectivity index (χ4v) is 2.38. The van der Waals surface area contributed by atoms with E-state index in [-0.39, 0.29) is 17.4 Å². The normalized spacial score (nSPS) is 11.3. The van der Waals surface area contributed by atoms with Gasteiger partial charge in [0, 0.05) is 22.8 Å². The van der Waals surface area contributed by atoms with Crippen LogP contribution in [0.3, 0.4) is 0 Å². The Bertz CT molecular complexity index is 999. The maximum Gasteiger partial charge on any atom is 0.320 e. The minimum Gasteiger partial charge on any atom is -0.333 e. The first-order chi connectivity index (χ1) is 12.7. The van der Waals surface area contributed by atoms with Crippen molar-refractivity contribution < 1.29 is 9.18 Å². The lowest BCUT2D eigenvalue weighted by Crippen LogP contribution is -2.43. The van der Waals surface area contributed by atoms with Crippen molar-refractivity contribution in [3.63, 3.8) is 0 Å². The van der Waals surface area contributed by atoms with Gasteiger partial charge >= 0.3 is 6.03 Å². The first-order valence-electron chi connectivity index (χ1n) is 8.46. The zero-order valence-corrected chi connectivity index (χ0v) is 15.6. The lowest BCUT2D eigenvalue weighted by atomic mass is 10.1. The number of benzene rings is 1. The van der Waals surface area contributed by atoms with Crippen molar-refractivity contribution in [2.45, 2.75) is 33.2 Å². The van der Waals surface area contributed by atoms with Gasteiger partial charge in [0.1, 0.15) is 11.6 Å². The SMILES string of the molecule is Cc1cc(Nc2ncc3ccc(NC(=O)NC(C)(C)C)nc3n2)ccc1F. The molecule has 0 atom stereocenters. The molecule has 0 aliphatic heterocycles. The fourth-order valence-electron chi connectivity index (χ4n) is 2.38. The molecule has 140 valence electrons. The molecule has 2 amide bonds. The van der Waals surface area contributed by atoms with Crippen LogP contribution in [0.1, 0.15) is 26.3 Å². The monoisotopic (exact) mass is 368 g/mol. The van der Waals surface area contributed by atoms with Gasteiger partial charge in [-0.2, -0.15) is 4.98 Å². The summed E-state index contributed by atoms with van der Waals surface area (Å²) in [5.41, 5.74) is 1.27. The predicted octanol–water partition coefficient (Wildman–Crippen LogP) is 4.14. The number of anilines is 3. The largest absolute Gasteiger partial charge is 0.333 e. The zero-order valence-electron chi connectivity index (χ0n) is 15.6. The average Bonchev–Trinajstić information content (AvgIpc) is 2.56. The lowest BCUT2D eigenvalue weighted by Gasteiger charge is -2.20. The van der Waals surface area contributed by atoms with Gasteiger partial charge in [0.05, 0.1) is 0 Å². The molecular formula is C19H21FN6O. The molecule has 0 bridgehead atoms. The van der Waals surface area contributed by atoms with E-state index in [4.69, 9.17) is 0 Å². The average molecular weight is 368 g/mol. The van der Waals surface area contributed by atoms with Crippen LogP contribution >= 0.6 is 0 Å². The summed E-state index contributed by atoms with van der Waals surface area (Å²) >= 11 is 0. The second kappa shape index (κ2) is 7.14. The number of rotatable bonds is 3. The number of halogens is 1. The number of carbonyl (C=O) groups is 1. The molecule has 0 spiro atoms. The molecular weight excluding hydrogens is 347 g/mol. The van der Waals surface area contributed by atoms with Crippen molar-refractivity contribution in [3.05, 3.63) is 47.9 Å². The molecule has 0 radical (unpaired) electrons. The topological polar surface area (TPSA) is 91.8 Å².